The molecule has 3 fully saturated rings. The summed E-state index contributed by atoms with van der Waals surface area (Å²) in [7, 11) is 0. The quantitative estimate of drug-likeness (QED) is 0.790. The maximum atomic E-state index is 12.9. The molecule has 7 heteroatoms. The van der Waals surface area contributed by atoms with Crippen molar-refractivity contribution in [3.8, 4) is 0 Å². The fourth-order valence-corrected chi connectivity index (χ4v) is 4.53. The maximum Gasteiger partial charge on any atom is 0.240 e. The van der Waals surface area contributed by atoms with E-state index in [1.165, 1.54) is 4.90 Å². The first kappa shape index (κ1) is 15.1. The maximum absolute atomic E-state index is 12.9. The van der Waals surface area contributed by atoms with Crippen molar-refractivity contribution in [2.75, 3.05) is 4.90 Å². The topological polar surface area (TPSA) is 64.4 Å². The smallest absolute Gasteiger partial charge is 0.240 e. The van der Waals surface area contributed by atoms with Crippen molar-refractivity contribution in [3.05, 3.63) is 47.2 Å². The Morgan fingerprint density at radius 3 is 2.52 bits per heavy atom. The molecule has 0 N–H and O–H groups in total. The Balaban J connectivity index is 1.44. The summed E-state index contributed by atoms with van der Waals surface area (Å²) in [6.07, 6.45) is 4.88. The van der Waals surface area contributed by atoms with E-state index in [1.54, 1.807) is 23.1 Å². The number of rotatable bonds is 3. The van der Waals surface area contributed by atoms with E-state index in [0.29, 0.717) is 17.3 Å². The minimum Gasteiger partial charge on any atom is -0.373 e. The second-order valence-corrected chi connectivity index (χ2v) is 7.32. The molecule has 0 aliphatic carbocycles. The molecule has 0 unspecified atom stereocenters. The molecule has 0 radical (unpaired) electrons. The predicted molar refractivity (Wildman–Crippen MR) is 90.1 cm³/mol. The van der Waals surface area contributed by atoms with Crippen molar-refractivity contribution in [2.45, 2.75) is 31.6 Å². The highest BCUT2D eigenvalue weighted by Gasteiger charge is 2.62. The van der Waals surface area contributed by atoms with Gasteiger partial charge in [0.05, 0.1) is 47.5 Å². The summed E-state index contributed by atoms with van der Waals surface area (Å²) in [6, 6.07) is 7.47. The van der Waals surface area contributed by atoms with Gasteiger partial charge in [-0.3, -0.25) is 14.3 Å². The summed E-state index contributed by atoms with van der Waals surface area (Å²) in [5.41, 5.74) is 1.58. The molecule has 2 bridgehead atoms. The zero-order chi connectivity index (χ0) is 17.1. The molecule has 128 valence electrons. The Hall–Kier alpha value is -2.18. The van der Waals surface area contributed by atoms with E-state index in [-0.39, 0.29) is 35.9 Å². The number of fused-ring (bicyclic) bond motifs is 5. The molecule has 3 saturated heterocycles. The van der Waals surface area contributed by atoms with Crippen LogP contribution in [-0.2, 0) is 20.9 Å². The largest absolute Gasteiger partial charge is 0.373 e. The minimum absolute atomic E-state index is 0.0918. The number of amides is 2. The lowest BCUT2D eigenvalue weighted by Gasteiger charge is -2.18. The van der Waals surface area contributed by atoms with Crippen molar-refractivity contribution >= 4 is 29.1 Å². The molecule has 2 aromatic rings. The Kier molecular flexibility index (Phi) is 3.27. The molecule has 2 amide bonds. The lowest BCUT2D eigenvalue weighted by molar-refractivity contribution is -0.124. The highest BCUT2D eigenvalue weighted by molar-refractivity contribution is 6.30. The number of ether oxygens (including phenoxy) is 1. The lowest BCUT2D eigenvalue weighted by Crippen LogP contribution is -2.34. The van der Waals surface area contributed by atoms with E-state index in [0.717, 1.165) is 18.4 Å². The number of carbonyl (C=O) groups excluding carboxylic acids is 2. The van der Waals surface area contributed by atoms with Gasteiger partial charge >= 0.3 is 0 Å². The number of nitrogens with zero attached hydrogens (tertiary/aromatic N) is 3. The standard InChI is InChI=1S/C18H16ClN3O3/c19-11-7-20-21(9-11)8-10-2-1-3-12(6-10)22-17(23)15-13-4-5-14(25-13)16(15)18(22)24/h1-3,6-7,9,13-16H,4-5,8H2/t13-,14-,15-,16+/m1/s1. The van der Waals surface area contributed by atoms with Gasteiger partial charge in [-0.15, -0.1) is 0 Å². The molecule has 0 spiro atoms. The third-order valence-corrected chi connectivity index (χ3v) is 5.59. The zero-order valence-corrected chi connectivity index (χ0v) is 14.1. The van der Waals surface area contributed by atoms with E-state index < -0.39 is 0 Å². The van der Waals surface area contributed by atoms with E-state index in [2.05, 4.69) is 5.10 Å². The highest BCUT2D eigenvalue weighted by atomic mass is 35.5. The number of hydrogen-bond acceptors (Lipinski definition) is 4. The Morgan fingerprint density at radius 1 is 1.16 bits per heavy atom. The second-order valence-electron chi connectivity index (χ2n) is 6.88. The number of carbonyl (C=O) groups is 2. The van der Waals surface area contributed by atoms with Gasteiger partial charge in [0.15, 0.2) is 0 Å². The first-order valence-electron chi connectivity index (χ1n) is 8.42. The summed E-state index contributed by atoms with van der Waals surface area (Å²) in [5.74, 6) is -0.859. The van der Waals surface area contributed by atoms with E-state index >= 15 is 0 Å². The molecular weight excluding hydrogens is 342 g/mol. The molecular formula is C18H16ClN3O3. The Morgan fingerprint density at radius 2 is 1.88 bits per heavy atom. The van der Waals surface area contributed by atoms with Gasteiger partial charge in [-0.25, -0.2) is 4.90 Å². The van der Waals surface area contributed by atoms with Crippen LogP contribution in [0.1, 0.15) is 18.4 Å². The van der Waals surface area contributed by atoms with Gasteiger partial charge in [0, 0.05) is 6.20 Å². The van der Waals surface area contributed by atoms with Crippen LogP contribution >= 0.6 is 11.6 Å². The second kappa shape index (κ2) is 5.41. The Bertz CT molecular complexity index is 852. The first-order chi connectivity index (χ1) is 12.1. The van der Waals surface area contributed by atoms with E-state index in [1.807, 2.05) is 18.2 Å². The van der Waals surface area contributed by atoms with Crippen LogP contribution in [0, 0.1) is 11.8 Å². The van der Waals surface area contributed by atoms with Crippen LogP contribution in [0.4, 0.5) is 5.69 Å². The SMILES string of the molecule is O=C1[C@@H]2[C@H](C(=O)N1c1cccc(Cn3cc(Cl)cn3)c1)[C@H]1CC[C@H]2O1. The molecule has 0 saturated carbocycles. The lowest BCUT2D eigenvalue weighted by atomic mass is 9.81. The summed E-state index contributed by atoms with van der Waals surface area (Å²) < 4.78 is 7.50. The van der Waals surface area contributed by atoms with Gasteiger partial charge < -0.3 is 4.74 Å². The molecule has 3 aliphatic heterocycles. The van der Waals surface area contributed by atoms with Crippen molar-refractivity contribution in [2.24, 2.45) is 11.8 Å². The van der Waals surface area contributed by atoms with Gasteiger partial charge in [0.1, 0.15) is 0 Å². The van der Waals surface area contributed by atoms with Crippen LogP contribution in [-0.4, -0.2) is 33.8 Å². The predicted octanol–water partition coefficient (Wildman–Crippen LogP) is 2.25. The number of halogens is 1. The summed E-state index contributed by atoms with van der Waals surface area (Å²) in [5, 5.41) is 4.74. The summed E-state index contributed by atoms with van der Waals surface area (Å²) in [6.45, 7) is 0.526. The van der Waals surface area contributed by atoms with Crippen LogP contribution in [0.5, 0.6) is 0 Å². The molecule has 4 heterocycles. The van der Waals surface area contributed by atoms with E-state index in [9.17, 15) is 9.59 Å². The molecule has 25 heavy (non-hydrogen) atoms. The van der Waals surface area contributed by atoms with Crippen molar-refractivity contribution < 1.29 is 14.3 Å². The Labute approximate surface area is 149 Å². The molecule has 5 rings (SSSR count). The van der Waals surface area contributed by atoms with Gasteiger partial charge in [-0.1, -0.05) is 23.7 Å². The number of aromatic nitrogens is 2. The summed E-state index contributed by atoms with van der Waals surface area (Å²) in [4.78, 5) is 27.1. The fourth-order valence-electron chi connectivity index (χ4n) is 4.37. The average Bonchev–Trinajstić information content (AvgIpc) is 3.34. The number of benzene rings is 1. The van der Waals surface area contributed by atoms with Gasteiger partial charge in [0.2, 0.25) is 11.8 Å². The van der Waals surface area contributed by atoms with Crippen molar-refractivity contribution in [3.63, 3.8) is 0 Å². The molecule has 1 aromatic carbocycles. The van der Waals surface area contributed by atoms with Crippen molar-refractivity contribution in [1.82, 2.24) is 9.78 Å². The normalized spacial score (nSPS) is 30.4. The zero-order valence-electron chi connectivity index (χ0n) is 13.3. The summed E-state index contributed by atoms with van der Waals surface area (Å²) >= 11 is 5.89. The first-order valence-corrected chi connectivity index (χ1v) is 8.80. The third-order valence-electron chi connectivity index (χ3n) is 5.40. The van der Waals surface area contributed by atoms with Crippen LogP contribution in [0.2, 0.25) is 5.02 Å². The third kappa shape index (κ3) is 2.24. The number of imide groups is 1. The van der Waals surface area contributed by atoms with Crippen LogP contribution in [0.3, 0.4) is 0 Å². The number of anilines is 1. The molecule has 3 aliphatic rings. The van der Waals surface area contributed by atoms with Crippen LogP contribution in [0.15, 0.2) is 36.7 Å². The van der Waals surface area contributed by atoms with Crippen LogP contribution in [0.25, 0.3) is 0 Å². The highest BCUT2D eigenvalue weighted by Crippen LogP contribution is 2.49. The fraction of sp³-hybridized carbons (Fsp3) is 0.389. The van der Waals surface area contributed by atoms with Crippen molar-refractivity contribution in [1.29, 1.82) is 0 Å². The average molecular weight is 358 g/mol. The van der Waals surface area contributed by atoms with Gasteiger partial charge in [-0.05, 0) is 30.5 Å². The molecule has 1 aromatic heterocycles. The molecule has 6 nitrogen and oxygen atoms in total. The van der Waals surface area contributed by atoms with E-state index in [4.69, 9.17) is 16.3 Å². The van der Waals surface area contributed by atoms with Gasteiger partial charge in [-0.2, -0.15) is 5.10 Å². The molecule has 4 atom stereocenters. The van der Waals surface area contributed by atoms with Gasteiger partial charge in [0.25, 0.3) is 0 Å². The van der Waals surface area contributed by atoms with Crippen LogP contribution < -0.4 is 4.90 Å². The minimum atomic E-state index is -0.306. The number of hydrogen-bond donors (Lipinski definition) is 0. The monoisotopic (exact) mass is 357 g/mol.